The SMILES string of the molecule is Cc1cc(-c2cc(C(=O)N3CCC(c4nc5ccccc5o4)CC3)c3cnn(C(C)C)c3n2)c(C)s1. The molecular weight excluding hydrogens is 470 g/mol. The molecule has 36 heavy (non-hydrogen) atoms. The highest BCUT2D eigenvalue weighted by Gasteiger charge is 2.29. The summed E-state index contributed by atoms with van der Waals surface area (Å²) >= 11 is 1.75. The van der Waals surface area contributed by atoms with Crippen molar-refractivity contribution in [3.63, 3.8) is 0 Å². The second kappa shape index (κ2) is 8.85. The molecule has 6 rings (SSSR count). The minimum Gasteiger partial charge on any atom is -0.440 e. The Morgan fingerprint density at radius 3 is 2.58 bits per heavy atom. The molecule has 5 heterocycles. The van der Waals surface area contributed by atoms with E-state index in [-0.39, 0.29) is 17.9 Å². The van der Waals surface area contributed by atoms with Crippen molar-refractivity contribution < 1.29 is 9.21 Å². The molecule has 0 radical (unpaired) electrons. The fraction of sp³-hybridized carbons (Fsp3) is 0.357. The summed E-state index contributed by atoms with van der Waals surface area (Å²) in [7, 11) is 0. The number of aromatic nitrogens is 4. The first-order valence-electron chi connectivity index (χ1n) is 12.5. The molecule has 0 bridgehead atoms. The molecular formula is C28H29N5O2S. The molecule has 1 amide bonds. The summed E-state index contributed by atoms with van der Waals surface area (Å²) in [5.41, 5.74) is 5.05. The maximum absolute atomic E-state index is 13.9. The molecule has 1 saturated heterocycles. The number of pyridine rings is 1. The number of piperidine rings is 1. The Bertz CT molecular complexity index is 1550. The molecule has 0 aliphatic carbocycles. The Balaban J connectivity index is 1.32. The second-order valence-corrected chi connectivity index (χ2v) is 11.3. The van der Waals surface area contributed by atoms with Crippen molar-refractivity contribution in [1.82, 2.24) is 24.6 Å². The quantitative estimate of drug-likeness (QED) is 0.281. The van der Waals surface area contributed by atoms with Crippen molar-refractivity contribution in [1.29, 1.82) is 0 Å². The van der Waals surface area contributed by atoms with Crippen LogP contribution in [0.4, 0.5) is 0 Å². The summed E-state index contributed by atoms with van der Waals surface area (Å²) in [5.74, 6) is 1.03. The molecule has 5 aromatic rings. The minimum absolute atomic E-state index is 0.0348. The number of oxazole rings is 1. The highest BCUT2D eigenvalue weighted by Crippen LogP contribution is 2.34. The number of nitrogens with zero attached hydrogens (tertiary/aromatic N) is 5. The minimum atomic E-state index is 0.0348. The molecule has 0 unspecified atom stereocenters. The first kappa shape index (κ1) is 22.9. The van der Waals surface area contributed by atoms with E-state index in [1.165, 1.54) is 9.75 Å². The molecule has 4 aromatic heterocycles. The standard InChI is InChI=1S/C28H29N5O2S/c1-16(2)33-26-22(15-29-33)21(14-24(30-26)20-13-17(3)36-18(20)4)28(34)32-11-9-19(10-12-32)27-31-23-7-5-6-8-25(23)35-27/h5-8,13-16,19H,9-12H2,1-4H3. The third kappa shape index (κ3) is 3.89. The Morgan fingerprint density at radius 1 is 1.11 bits per heavy atom. The van der Waals surface area contributed by atoms with Crippen LogP contribution in [0.2, 0.25) is 0 Å². The Hall–Kier alpha value is -3.52. The fourth-order valence-corrected chi connectivity index (χ4v) is 6.09. The molecule has 0 atom stereocenters. The molecule has 0 N–H and O–H groups in total. The van der Waals surface area contributed by atoms with E-state index in [1.807, 2.05) is 39.9 Å². The van der Waals surface area contributed by atoms with E-state index in [4.69, 9.17) is 14.4 Å². The van der Waals surface area contributed by atoms with Crippen molar-refractivity contribution >= 4 is 39.4 Å². The van der Waals surface area contributed by atoms with Crippen molar-refractivity contribution in [3.05, 3.63) is 63.8 Å². The molecule has 0 saturated carbocycles. The number of para-hydroxylation sites is 2. The number of benzene rings is 1. The first-order valence-corrected chi connectivity index (χ1v) is 13.3. The summed E-state index contributed by atoms with van der Waals surface area (Å²) in [6.45, 7) is 9.70. The lowest BCUT2D eigenvalue weighted by Gasteiger charge is -2.31. The monoisotopic (exact) mass is 499 g/mol. The lowest BCUT2D eigenvalue weighted by atomic mass is 9.96. The number of amides is 1. The van der Waals surface area contributed by atoms with Crippen LogP contribution in [-0.4, -0.2) is 43.6 Å². The van der Waals surface area contributed by atoms with Gasteiger partial charge in [0.05, 0.1) is 22.8 Å². The zero-order valence-corrected chi connectivity index (χ0v) is 21.8. The van der Waals surface area contributed by atoms with Crippen LogP contribution >= 0.6 is 11.3 Å². The molecule has 1 aliphatic heterocycles. The van der Waals surface area contributed by atoms with Gasteiger partial charge in [0.2, 0.25) is 0 Å². The Kier molecular flexibility index (Phi) is 5.63. The van der Waals surface area contributed by atoms with Gasteiger partial charge in [-0.2, -0.15) is 5.10 Å². The predicted molar refractivity (Wildman–Crippen MR) is 143 cm³/mol. The highest BCUT2D eigenvalue weighted by atomic mass is 32.1. The van der Waals surface area contributed by atoms with E-state index >= 15 is 0 Å². The molecule has 1 fully saturated rings. The van der Waals surface area contributed by atoms with Crippen LogP contribution in [-0.2, 0) is 0 Å². The Labute approximate surface area is 213 Å². The number of aryl methyl sites for hydroxylation is 2. The van der Waals surface area contributed by atoms with Gasteiger partial charge in [-0.15, -0.1) is 11.3 Å². The maximum Gasteiger partial charge on any atom is 0.254 e. The zero-order chi connectivity index (χ0) is 25.0. The van der Waals surface area contributed by atoms with Crippen molar-refractivity contribution in [3.8, 4) is 11.3 Å². The normalized spacial score (nSPS) is 15.0. The van der Waals surface area contributed by atoms with Gasteiger partial charge in [-0.25, -0.2) is 14.6 Å². The van der Waals surface area contributed by atoms with Gasteiger partial charge < -0.3 is 9.32 Å². The van der Waals surface area contributed by atoms with Gasteiger partial charge in [-0.1, -0.05) is 12.1 Å². The van der Waals surface area contributed by atoms with E-state index in [1.54, 1.807) is 17.5 Å². The second-order valence-electron chi connectivity index (χ2n) is 9.89. The largest absolute Gasteiger partial charge is 0.440 e. The lowest BCUT2D eigenvalue weighted by Crippen LogP contribution is -2.38. The van der Waals surface area contributed by atoms with Gasteiger partial charge in [-0.05, 0) is 64.8 Å². The zero-order valence-electron chi connectivity index (χ0n) is 21.0. The van der Waals surface area contributed by atoms with Crippen LogP contribution < -0.4 is 0 Å². The topological polar surface area (TPSA) is 77.0 Å². The maximum atomic E-state index is 13.9. The number of hydrogen-bond acceptors (Lipinski definition) is 6. The van der Waals surface area contributed by atoms with E-state index < -0.39 is 0 Å². The van der Waals surface area contributed by atoms with Crippen LogP contribution in [0.1, 0.15) is 64.7 Å². The molecule has 7 nitrogen and oxygen atoms in total. The van der Waals surface area contributed by atoms with Crippen molar-refractivity contribution in [2.75, 3.05) is 13.1 Å². The predicted octanol–water partition coefficient (Wildman–Crippen LogP) is 6.52. The third-order valence-corrected chi connectivity index (χ3v) is 8.01. The number of rotatable bonds is 4. The van der Waals surface area contributed by atoms with Crippen molar-refractivity contribution in [2.45, 2.75) is 52.5 Å². The van der Waals surface area contributed by atoms with Gasteiger partial charge in [-0.3, -0.25) is 4.79 Å². The summed E-state index contributed by atoms with van der Waals surface area (Å²) < 4.78 is 7.92. The third-order valence-electron chi connectivity index (χ3n) is 7.05. The van der Waals surface area contributed by atoms with Crippen LogP contribution in [0, 0.1) is 13.8 Å². The van der Waals surface area contributed by atoms with Crippen molar-refractivity contribution in [2.24, 2.45) is 0 Å². The van der Waals surface area contributed by atoms with Crippen LogP contribution in [0.3, 0.4) is 0 Å². The van der Waals surface area contributed by atoms with E-state index in [2.05, 4.69) is 38.9 Å². The average Bonchev–Trinajstić information content (AvgIpc) is 3.59. The summed E-state index contributed by atoms with van der Waals surface area (Å²) in [4.78, 5) is 27.9. The number of hydrogen-bond donors (Lipinski definition) is 0. The summed E-state index contributed by atoms with van der Waals surface area (Å²) in [5, 5.41) is 5.39. The van der Waals surface area contributed by atoms with Gasteiger partial charge in [0.1, 0.15) is 5.52 Å². The van der Waals surface area contributed by atoms with Crippen LogP contribution in [0.25, 0.3) is 33.4 Å². The van der Waals surface area contributed by atoms with E-state index in [9.17, 15) is 4.79 Å². The average molecular weight is 500 g/mol. The molecule has 1 aromatic carbocycles. The number of likely N-dealkylation sites (tertiary alicyclic amines) is 1. The molecule has 0 spiro atoms. The molecule has 8 heteroatoms. The van der Waals surface area contributed by atoms with Crippen LogP contribution in [0.5, 0.6) is 0 Å². The number of thiophene rings is 1. The summed E-state index contributed by atoms with van der Waals surface area (Å²) in [6, 6.07) is 12.1. The van der Waals surface area contributed by atoms with E-state index in [0.717, 1.165) is 52.1 Å². The Morgan fingerprint density at radius 2 is 1.89 bits per heavy atom. The van der Waals surface area contributed by atoms with Crippen LogP contribution in [0.15, 0.2) is 47.0 Å². The highest BCUT2D eigenvalue weighted by molar-refractivity contribution is 7.12. The number of carbonyl (C=O) groups excluding carboxylic acids is 1. The van der Waals surface area contributed by atoms with Gasteiger partial charge in [0.15, 0.2) is 17.1 Å². The lowest BCUT2D eigenvalue weighted by molar-refractivity contribution is 0.0708. The van der Waals surface area contributed by atoms with Gasteiger partial charge >= 0.3 is 0 Å². The molecule has 184 valence electrons. The molecule has 1 aliphatic rings. The van der Waals surface area contributed by atoms with E-state index in [0.29, 0.717) is 18.7 Å². The van der Waals surface area contributed by atoms with Gasteiger partial charge in [0, 0.05) is 40.4 Å². The number of fused-ring (bicyclic) bond motifs is 2. The van der Waals surface area contributed by atoms with Gasteiger partial charge in [0.25, 0.3) is 5.91 Å². The first-order chi connectivity index (χ1) is 17.4. The summed E-state index contributed by atoms with van der Waals surface area (Å²) in [6.07, 6.45) is 3.44. The fourth-order valence-electron chi connectivity index (χ4n) is 5.16. The smallest absolute Gasteiger partial charge is 0.254 e. The number of carbonyl (C=O) groups is 1.